The van der Waals surface area contributed by atoms with Gasteiger partial charge in [0.05, 0.1) is 16.6 Å². The Balaban J connectivity index is 2.25. The molecule has 0 radical (unpaired) electrons. The fourth-order valence-electron chi connectivity index (χ4n) is 2.31. The van der Waals surface area contributed by atoms with Gasteiger partial charge in [-0.15, -0.1) is 0 Å². The number of unbranched alkanes of at least 4 members (excludes halogenated alkanes) is 2. The van der Waals surface area contributed by atoms with Crippen LogP contribution < -0.4 is 0 Å². The minimum absolute atomic E-state index is 0.0478. The van der Waals surface area contributed by atoms with Crippen LogP contribution in [-0.2, 0) is 27.2 Å². The van der Waals surface area contributed by atoms with Gasteiger partial charge in [0.25, 0.3) is 0 Å². The fraction of sp³-hybridized carbons (Fsp3) is 0.611. The molecule has 0 N–H and O–H groups in total. The average Bonchev–Trinajstić information content (AvgIpc) is 2.52. The number of ketones is 1. The Morgan fingerprint density at radius 1 is 1.00 bits per heavy atom. The van der Waals surface area contributed by atoms with Crippen molar-refractivity contribution in [1.29, 1.82) is 0 Å². The van der Waals surface area contributed by atoms with Crippen LogP contribution >= 0.6 is 0 Å². The van der Waals surface area contributed by atoms with E-state index >= 15 is 0 Å². The first kappa shape index (κ1) is 21.7. The summed E-state index contributed by atoms with van der Waals surface area (Å²) in [5.41, 5.74) is 0.00306. The van der Waals surface area contributed by atoms with E-state index in [9.17, 15) is 26.4 Å². The van der Waals surface area contributed by atoms with Gasteiger partial charge in [-0.05, 0) is 50.8 Å². The second-order valence-electron chi connectivity index (χ2n) is 6.46. The van der Waals surface area contributed by atoms with E-state index < -0.39 is 21.6 Å². The first-order chi connectivity index (χ1) is 11.5. The molecule has 1 aromatic carbocycles. The SMILES string of the molecule is CC(C)S(=O)(=O)CCCCCC(=O)CCc1ccc(C(F)(F)F)cc1. The second-order valence-corrected chi connectivity index (χ2v) is 9.14. The number of benzene rings is 1. The van der Waals surface area contributed by atoms with Crippen molar-refractivity contribution in [3.8, 4) is 0 Å². The molecule has 0 saturated carbocycles. The molecule has 0 aliphatic carbocycles. The Kier molecular flexibility index (Phi) is 8.12. The van der Waals surface area contributed by atoms with Gasteiger partial charge in [-0.25, -0.2) is 8.42 Å². The number of aryl methyl sites for hydroxylation is 1. The highest BCUT2D eigenvalue weighted by Crippen LogP contribution is 2.29. The number of Topliss-reactive ketones (excluding diaryl/α,β-unsaturated/α-hetero) is 1. The lowest BCUT2D eigenvalue weighted by atomic mass is 10.0. The lowest BCUT2D eigenvalue weighted by Crippen LogP contribution is -2.17. The number of sulfone groups is 1. The lowest BCUT2D eigenvalue weighted by molar-refractivity contribution is -0.137. The summed E-state index contributed by atoms with van der Waals surface area (Å²) in [7, 11) is -3.02. The molecule has 7 heteroatoms. The van der Waals surface area contributed by atoms with Gasteiger partial charge in [0.15, 0.2) is 9.84 Å². The van der Waals surface area contributed by atoms with Gasteiger partial charge in [-0.1, -0.05) is 18.6 Å². The summed E-state index contributed by atoms with van der Waals surface area (Å²) >= 11 is 0. The molecule has 1 rings (SSSR count). The van der Waals surface area contributed by atoms with Crippen LogP contribution in [0.4, 0.5) is 13.2 Å². The number of hydrogen-bond donors (Lipinski definition) is 0. The van der Waals surface area contributed by atoms with Crippen LogP contribution in [0, 0.1) is 0 Å². The van der Waals surface area contributed by atoms with Crippen LogP contribution in [0.3, 0.4) is 0 Å². The molecule has 0 atom stereocenters. The molecule has 25 heavy (non-hydrogen) atoms. The predicted octanol–water partition coefficient (Wildman–Crippen LogP) is 4.59. The molecule has 3 nitrogen and oxygen atoms in total. The van der Waals surface area contributed by atoms with Gasteiger partial charge in [0.2, 0.25) is 0 Å². The quantitative estimate of drug-likeness (QED) is 0.560. The summed E-state index contributed by atoms with van der Waals surface area (Å²) in [6.45, 7) is 3.31. The molecule has 0 fully saturated rings. The van der Waals surface area contributed by atoms with Crippen LogP contribution in [0.2, 0.25) is 0 Å². The predicted molar refractivity (Wildman–Crippen MR) is 92.2 cm³/mol. The minimum Gasteiger partial charge on any atom is -0.300 e. The molecule has 0 bridgehead atoms. The summed E-state index contributed by atoms with van der Waals surface area (Å²) < 4.78 is 60.7. The Morgan fingerprint density at radius 3 is 2.12 bits per heavy atom. The maximum atomic E-state index is 12.5. The Bertz CT molecular complexity index is 647. The zero-order valence-electron chi connectivity index (χ0n) is 14.6. The molecule has 0 spiro atoms. The molecule has 0 unspecified atom stereocenters. The lowest BCUT2D eigenvalue weighted by Gasteiger charge is -2.08. The third kappa shape index (κ3) is 8.03. The highest BCUT2D eigenvalue weighted by molar-refractivity contribution is 7.91. The number of carbonyl (C=O) groups excluding carboxylic acids is 1. The summed E-state index contributed by atoms with van der Waals surface area (Å²) in [5, 5.41) is -0.377. The van der Waals surface area contributed by atoms with Gasteiger partial charge < -0.3 is 0 Å². The summed E-state index contributed by atoms with van der Waals surface area (Å²) in [6.07, 6.45) is -1.40. The number of alkyl halides is 3. The maximum Gasteiger partial charge on any atom is 0.416 e. The highest BCUT2D eigenvalue weighted by Gasteiger charge is 2.29. The largest absolute Gasteiger partial charge is 0.416 e. The first-order valence-corrected chi connectivity index (χ1v) is 10.1. The van der Waals surface area contributed by atoms with E-state index in [4.69, 9.17) is 0 Å². The van der Waals surface area contributed by atoms with Gasteiger partial charge in [0, 0.05) is 12.8 Å². The zero-order chi connectivity index (χ0) is 19.1. The van der Waals surface area contributed by atoms with Crippen molar-refractivity contribution >= 4 is 15.6 Å². The number of carbonyl (C=O) groups is 1. The molecule has 0 aliphatic heterocycles. The Morgan fingerprint density at radius 2 is 1.60 bits per heavy atom. The van der Waals surface area contributed by atoms with Gasteiger partial charge >= 0.3 is 6.18 Å². The molecule has 0 saturated heterocycles. The van der Waals surface area contributed by atoms with E-state index in [1.165, 1.54) is 12.1 Å². The minimum atomic E-state index is -4.35. The standard InChI is InChI=1S/C18H25F3O3S/c1-14(2)25(23,24)13-5-3-4-6-17(22)12-9-15-7-10-16(11-8-15)18(19,20)21/h7-8,10-11,14H,3-6,9,12-13H2,1-2H3. The van der Waals surface area contributed by atoms with E-state index in [0.717, 1.165) is 12.1 Å². The average molecular weight is 378 g/mol. The summed E-state index contributed by atoms with van der Waals surface area (Å²) in [4.78, 5) is 11.8. The van der Waals surface area contributed by atoms with Crippen molar-refractivity contribution in [3.63, 3.8) is 0 Å². The van der Waals surface area contributed by atoms with Gasteiger partial charge in [-0.2, -0.15) is 13.2 Å². The van der Waals surface area contributed by atoms with Crippen molar-refractivity contribution in [3.05, 3.63) is 35.4 Å². The molecular formula is C18H25F3O3S. The first-order valence-electron chi connectivity index (χ1n) is 8.42. The number of rotatable bonds is 10. The highest BCUT2D eigenvalue weighted by atomic mass is 32.2. The zero-order valence-corrected chi connectivity index (χ0v) is 15.4. The third-order valence-corrected chi connectivity index (χ3v) is 6.37. The van der Waals surface area contributed by atoms with Crippen molar-refractivity contribution in [2.45, 2.75) is 63.8 Å². The topological polar surface area (TPSA) is 51.2 Å². The van der Waals surface area contributed by atoms with E-state index in [1.54, 1.807) is 13.8 Å². The second kappa shape index (κ2) is 9.36. The van der Waals surface area contributed by atoms with Crippen LogP contribution in [0.1, 0.15) is 57.1 Å². The molecule has 0 heterocycles. The summed E-state index contributed by atoms with van der Waals surface area (Å²) in [6, 6.07) is 4.84. The molecule has 0 amide bonds. The van der Waals surface area contributed by atoms with Crippen LogP contribution in [-0.4, -0.2) is 25.2 Å². The van der Waals surface area contributed by atoms with Crippen molar-refractivity contribution in [1.82, 2.24) is 0 Å². The van der Waals surface area contributed by atoms with E-state index in [1.807, 2.05) is 0 Å². The molecule has 142 valence electrons. The van der Waals surface area contributed by atoms with E-state index in [-0.39, 0.29) is 23.2 Å². The van der Waals surface area contributed by atoms with Crippen LogP contribution in [0.15, 0.2) is 24.3 Å². The normalized spacial score (nSPS) is 12.6. The van der Waals surface area contributed by atoms with E-state index in [0.29, 0.717) is 37.7 Å². The fourth-order valence-corrected chi connectivity index (χ4v) is 3.38. The van der Waals surface area contributed by atoms with E-state index in [2.05, 4.69) is 0 Å². The third-order valence-electron chi connectivity index (χ3n) is 4.08. The Labute approximate surface area is 147 Å². The Hall–Kier alpha value is -1.37. The molecule has 1 aromatic rings. The van der Waals surface area contributed by atoms with Crippen molar-refractivity contribution < 1.29 is 26.4 Å². The van der Waals surface area contributed by atoms with Gasteiger partial charge in [-0.3, -0.25) is 4.79 Å². The maximum absolute atomic E-state index is 12.5. The smallest absolute Gasteiger partial charge is 0.300 e. The van der Waals surface area contributed by atoms with Crippen molar-refractivity contribution in [2.75, 3.05) is 5.75 Å². The van der Waals surface area contributed by atoms with Crippen LogP contribution in [0.5, 0.6) is 0 Å². The van der Waals surface area contributed by atoms with Crippen LogP contribution in [0.25, 0.3) is 0 Å². The molecular weight excluding hydrogens is 353 g/mol. The molecule has 0 aliphatic rings. The monoisotopic (exact) mass is 378 g/mol. The molecule has 0 aromatic heterocycles. The number of hydrogen-bond acceptors (Lipinski definition) is 3. The van der Waals surface area contributed by atoms with Gasteiger partial charge in [0.1, 0.15) is 5.78 Å². The van der Waals surface area contributed by atoms with Crippen molar-refractivity contribution in [2.24, 2.45) is 0 Å². The summed E-state index contributed by atoms with van der Waals surface area (Å²) in [5.74, 6) is 0.191. The number of halogens is 3.